The summed E-state index contributed by atoms with van der Waals surface area (Å²) in [7, 11) is 0. The molecule has 2 aromatic rings. The summed E-state index contributed by atoms with van der Waals surface area (Å²) in [6, 6.07) is 5.23. The van der Waals surface area contributed by atoms with Crippen LogP contribution >= 0.6 is 11.3 Å². The number of allylic oxidation sites excluding steroid dienone is 3. The molecule has 1 aromatic heterocycles. The Hall–Kier alpha value is -2.47. The summed E-state index contributed by atoms with van der Waals surface area (Å²) in [5.74, 6) is -2.33. The number of aliphatic hydroxyl groups is 2. The molecule has 10 N–H and O–H groups in total. The molecule has 202 valence electrons. The molecule has 3 rings (SSSR count). The Bertz CT molecular complexity index is 1160. The van der Waals surface area contributed by atoms with E-state index in [-0.39, 0.29) is 24.5 Å². The number of fused-ring (bicyclic) bond motifs is 1. The SMILES string of the molecule is C=CC[C@H]1C(=O)C(N)(N)[C@@H](O)CC(=O)C[C@H](c2ccc3sc(C)nc3c2)C/C=C(/N)CCC[C@H](N)[C@H]1O. The molecule has 1 heterocycles. The number of aromatic nitrogens is 1. The van der Waals surface area contributed by atoms with Crippen LogP contribution in [-0.4, -0.2) is 50.7 Å². The highest BCUT2D eigenvalue weighted by atomic mass is 32.1. The largest absolute Gasteiger partial charge is 0.402 e. The van der Waals surface area contributed by atoms with Crippen molar-refractivity contribution in [1.29, 1.82) is 0 Å². The van der Waals surface area contributed by atoms with Gasteiger partial charge in [-0.1, -0.05) is 18.2 Å². The number of nitrogens with two attached hydrogens (primary N) is 4. The van der Waals surface area contributed by atoms with Gasteiger partial charge < -0.3 is 33.1 Å². The number of carbonyl (C=O) groups excluding carboxylic acids is 2. The van der Waals surface area contributed by atoms with Crippen LogP contribution in [0, 0.1) is 12.8 Å². The zero-order chi connectivity index (χ0) is 27.3. The third-order valence-electron chi connectivity index (χ3n) is 7.14. The summed E-state index contributed by atoms with van der Waals surface area (Å²) in [5.41, 5.74) is 24.9. The number of benzene rings is 1. The molecule has 0 radical (unpaired) electrons. The van der Waals surface area contributed by atoms with Crippen LogP contribution in [0.1, 0.15) is 61.4 Å². The number of hydrogen-bond donors (Lipinski definition) is 6. The van der Waals surface area contributed by atoms with Crippen LogP contribution in [0.3, 0.4) is 0 Å². The van der Waals surface area contributed by atoms with Crippen molar-refractivity contribution in [3.63, 3.8) is 0 Å². The van der Waals surface area contributed by atoms with E-state index >= 15 is 0 Å². The van der Waals surface area contributed by atoms with Gasteiger partial charge in [-0.15, -0.1) is 17.9 Å². The highest BCUT2D eigenvalue weighted by Gasteiger charge is 2.44. The number of carbonyl (C=O) groups is 2. The first-order valence-electron chi connectivity index (χ1n) is 12.6. The molecule has 1 aliphatic rings. The van der Waals surface area contributed by atoms with Gasteiger partial charge in [-0.05, 0) is 62.6 Å². The average molecular weight is 530 g/mol. The smallest absolute Gasteiger partial charge is 0.175 e. The van der Waals surface area contributed by atoms with Crippen molar-refractivity contribution in [3.8, 4) is 0 Å². The summed E-state index contributed by atoms with van der Waals surface area (Å²) < 4.78 is 1.06. The summed E-state index contributed by atoms with van der Waals surface area (Å²) in [5, 5.41) is 22.6. The van der Waals surface area contributed by atoms with Crippen molar-refractivity contribution >= 4 is 33.1 Å². The molecule has 0 spiro atoms. The van der Waals surface area contributed by atoms with Crippen LogP contribution in [0.4, 0.5) is 0 Å². The number of Topliss-reactive ketones (excluding diaryl/α,β-unsaturated/α-hetero) is 2. The van der Waals surface area contributed by atoms with E-state index in [0.29, 0.717) is 31.4 Å². The number of ketones is 2. The van der Waals surface area contributed by atoms with Gasteiger partial charge in [0.25, 0.3) is 0 Å². The molecular weight excluding hydrogens is 490 g/mol. The van der Waals surface area contributed by atoms with Crippen LogP contribution in [0.25, 0.3) is 10.2 Å². The Kier molecular flexibility index (Phi) is 9.74. The predicted molar refractivity (Wildman–Crippen MR) is 146 cm³/mol. The number of aryl methyl sites for hydroxylation is 1. The van der Waals surface area contributed by atoms with Crippen molar-refractivity contribution < 1.29 is 19.8 Å². The minimum absolute atomic E-state index is 0.0766. The molecule has 37 heavy (non-hydrogen) atoms. The lowest BCUT2D eigenvalue weighted by molar-refractivity contribution is -0.137. The van der Waals surface area contributed by atoms with E-state index in [4.69, 9.17) is 22.9 Å². The first-order valence-corrected chi connectivity index (χ1v) is 13.4. The van der Waals surface area contributed by atoms with Crippen molar-refractivity contribution in [2.75, 3.05) is 0 Å². The molecule has 0 fully saturated rings. The molecule has 5 atom stereocenters. The molecule has 0 saturated carbocycles. The van der Waals surface area contributed by atoms with Crippen molar-refractivity contribution in [1.82, 2.24) is 4.98 Å². The lowest BCUT2D eigenvalue weighted by Gasteiger charge is -2.35. The van der Waals surface area contributed by atoms with E-state index in [0.717, 1.165) is 20.8 Å². The molecule has 10 heteroatoms. The Morgan fingerprint density at radius 2 is 1.97 bits per heavy atom. The molecule has 0 amide bonds. The molecule has 0 aliphatic heterocycles. The van der Waals surface area contributed by atoms with Gasteiger partial charge in [0, 0.05) is 24.6 Å². The van der Waals surface area contributed by atoms with E-state index < -0.39 is 42.0 Å². The quantitative estimate of drug-likeness (QED) is 0.254. The lowest BCUT2D eigenvalue weighted by atomic mass is 9.79. The lowest BCUT2D eigenvalue weighted by Crippen LogP contribution is -2.68. The first kappa shape index (κ1) is 29.1. The van der Waals surface area contributed by atoms with Gasteiger partial charge in [0.05, 0.1) is 33.4 Å². The van der Waals surface area contributed by atoms with E-state index in [9.17, 15) is 19.8 Å². The predicted octanol–water partition coefficient (Wildman–Crippen LogP) is 1.88. The second-order valence-electron chi connectivity index (χ2n) is 10.1. The third kappa shape index (κ3) is 7.10. The van der Waals surface area contributed by atoms with Crippen molar-refractivity contribution in [3.05, 3.63) is 53.2 Å². The fourth-order valence-electron chi connectivity index (χ4n) is 4.87. The summed E-state index contributed by atoms with van der Waals surface area (Å²) in [6.45, 7) is 5.59. The number of aliphatic hydroxyl groups excluding tert-OH is 2. The monoisotopic (exact) mass is 529 g/mol. The van der Waals surface area contributed by atoms with Crippen molar-refractivity contribution in [2.24, 2.45) is 28.9 Å². The molecule has 1 aliphatic carbocycles. The Labute approximate surface area is 221 Å². The van der Waals surface area contributed by atoms with Gasteiger partial charge in [-0.25, -0.2) is 4.98 Å². The standard InChI is InChI=1S/C27H39N5O4S/c1-3-5-20-25(35)21(29)7-4-6-18(28)10-8-16(12-19(33)14-24(34)27(30,31)26(20)36)17-9-11-23-22(13-17)32-15(2)37-23/h3,9-11,13,16,20-21,24-25,34-35H,1,4-8,12,14,28-31H2,2H3/b18-10+/t16-,20-,21+,24+,25+/m1/s1. The number of thiazole rings is 1. The highest BCUT2D eigenvalue weighted by Crippen LogP contribution is 2.31. The van der Waals surface area contributed by atoms with E-state index in [2.05, 4.69) is 11.6 Å². The topological polar surface area (TPSA) is 192 Å². The van der Waals surface area contributed by atoms with Gasteiger partial charge in [0.2, 0.25) is 0 Å². The van der Waals surface area contributed by atoms with Crippen molar-refractivity contribution in [2.45, 2.75) is 81.7 Å². The van der Waals surface area contributed by atoms with Gasteiger partial charge in [0.1, 0.15) is 5.78 Å². The zero-order valence-electron chi connectivity index (χ0n) is 21.3. The maximum absolute atomic E-state index is 13.3. The number of hydrogen-bond acceptors (Lipinski definition) is 10. The van der Waals surface area contributed by atoms with Gasteiger partial charge in [-0.3, -0.25) is 9.59 Å². The second kappa shape index (κ2) is 12.4. The molecular formula is C27H39N5O4S. The Morgan fingerprint density at radius 1 is 1.24 bits per heavy atom. The minimum Gasteiger partial charge on any atom is -0.402 e. The van der Waals surface area contributed by atoms with Crippen LogP contribution < -0.4 is 22.9 Å². The second-order valence-corrected chi connectivity index (χ2v) is 11.3. The maximum atomic E-state index is 13.3. The van der Waals surface area contributed by atoms with Crippen LogP contribution in [0.5, 0.6) is 0 Å². The molecule has 0 saturated heterocycles. The summed E-state index contributed by atoms with van der Waals surface area (Å²) >= 11 is 1.60. The summed E-state index contributed by atoms with van der Waals surface area (Å²) in [4.78, 5) is 30.9. The fourth-order valence-corrected chi connectivity index (χ4v) is 5.67. The first-order chi connectivity index (χ1) is 17.4. The van der Waals surface area contributed by atoms with E-state index in [1.54, 1.807) is 11.3 Å². The van der Waals surface area contributed by atoms with Gasteiger partial charge >= 0.3 is 0 Å². The molecule has 0 unspecified atom stereocenters. The average Bonchev–Trinajstić information content (AvgIpc) is 3.22. The third-order valence-corrected chi connectivity index (χ3v) is 8.09. The molecule has 9 nitrogen and oxygen atoms in total. The zero-order valence-corrected chi connectivity index (χ0v) is 22.1. The van der Waals surface area contributed by atoms with Crippen LogP contribution in [-0.2, 0) is 9.59 Å². The van der Waals surface area contributed by atoms with Crippen LogP contribution in [0.2, 0.25) is 0 Å². The molecule has 1 aromatic carbocycles. The van der Waals surface area contributed by atoms with E-state index in [1.165, 1.54) is 6.08 Å². The van der Waals surface area contributed by atoms with E-state index in [1.807, 2.05) is 31.2 Å². The Morgan fingerprint density at radius 3 is 2.68 bits per heavy atom. The van der Waals surface area contributed by atoms with Crippen LogP contribution in [0.15, 0.2) is 42.6 Å². The number of rotatable bonds is 3. The van der Waals surface area contributed by atoms with Gasteiger partial charge in [0.15, 0.2) is 11.4 Å². The number of nitrogens with zero attached hydrogens (tertiary/aromatic N) is 1. The minimum atomic E-state index is -2.24. The van der Waals surface area contributed by atoms with Gasteiger partial charge in [-0.2, -0.15) is 0 Å². The summed E-state index contributed by atoms with van der Waals surface area (Å²) in [6.07, 6.45) is 2.36. The fraction of sp³-hybridized carbons (Fsp3) is 0.519. The Balaban J connectivity index is 1.93. The highest BCUT2D eigenvalue weighted by molar-refractivity contribution is 7.18. The molecule has 0 bridgehead atoms. The normalized spacial score (nSPS) is 30.1. The maximum Gasteiger partial charge on any atom is 0.175 e.